The molecule has 0 radical (unpaired) electrons. The van der Waals surface area contributed by atoms with Crippen LogP contribution in [0.1, 0.15) is 92.4 Å². The van der Waals surface area contributed by atoms with Crippen LogP contribution in [0.15, 0.2) is 11.6 Å². The summed E-state index contributed by atoms with van der Waals surface area (Å²) in [6, 6.07) is 1.43. The second kappa shape index (κ2) is 17.1. The van der Waals surface area contributed by atoms with Crippen LogP contribution in [0.2, 0.25) is 0 Å². The van der Waals surface area contributed by atoms with E-state index in [1.165, 1.54) is 51.1 Å². The molecule has 3 saturated carbocycles. The van der Waals surface area contributed by atoms with Crippen molar-refractivity contribution >= 4 is 0 Å². The molecule has 5 heterocycles. The summed E-state index contributed by atoms with van der Waals surface area (Å²) in [5.41, 5.74) is 1.72. The van der Waals surface area contributed by atoms with E-state index in [2.05, 4.69) is 38.7 Å². The Balaban J connectivity index is 0.952. The normalized spacial score (nSPS) is 57.3. The zero-order valence-corrected chi connectivity index (χ0v) is 36.3. The maximum absolute atomic E-state index is 11.6. The summed E-state index contributed by atoms with van der Waals surface area (Å²) in [7, 11) is 0. The highest BCUT2D eigenvalue weighted by Crippen LogP contribution is 2.70. The van der Waals surface area contributed by atoms with Gasteiger partial charge in [0.1, 0.15) is 67.1 Å². The van der Waals surface area contributed by atoms with Crippen LogP contribution in [0.4, 0.5) is 0 Å². The average Bonchev–Trinajstić information content (AvgIpc) is 3.71. The lowest BCUT2D eigenvalue weighted by atomic mass is 9.47. The highest BCUT2D eigenvalue weighted by molar-refractivity contribution is 5.27. The molecule has 9 rings (SSSR count). The van der Waals surface area contributed by atoms with E-state index in [4.69, 9.17) is 28.4 Å². The van der Waals surface area contributed by atoms with Crippen molar-refractivity contribution in [2.75, 3.05) is 19.8 Å². The molecule has 61 heavy (non-hydrogen) atoms. The van der Waals surface area contributed by atoms with E-state index in [0.717, 1.165) is 36.6 Å². The third kappa shape index (κ3) is 7.42. The summed E-state index contributed by atoms with van der Waals surface area (Å²) >= 11 is 0. The van der Waals surface area contributed by atoms with Crippen molar-refractivity contribution in [3.63, 3.8) is 0 Å². The number of hydrogen-bond donors (Lipinski definition) is 9. The number of piperidine rings is 1. The molecule has 16 nitrogen and oxygen atoms in total. The average molecular weight is 868 g/mol. The monoisotopic (exact) mass is 867 g/mol. The molecule has 1 unspecified atom stereocenters. The lowest BCUT2D eigenvalue weighted by Crippen LogP contribution is -2.67. The number of aliphatic hydroxyl groups excluding tert-OH is 9. The topological polar surface area (TPSA) is 241 Å². The summed E-state index contributed by atoms with van der Waals surface area (Å²) in [5, 5.41) is 95.8. The minimum Gasteiger partial charge on any atom is -0.394 e. The summed E-state index contributed by atoms with van der Waals surface area (Å²) < 4.78 is 36.8. The smallest absolute Gasteiger partial charge is 0.187 e. The van der Waals surface area contributed by atoms with E-state index < -0.39 is 105 Å². The fraction of sp³-hybridized carbons (Fsp3) is 0.956. The third-order valence-electron chi connectivity index (χ3n) is 18.0. The Morgan fingerprint density at radius 1 is 0.672 bits per heavy atom. The van der Waals surface area contributed by atoms with Gasteiger partial charge in [-0.2, -0.15) is 0 Å². The summed E-state index contributed by atoms with van der Waals surface area (Å²) in [4.78, 5) is 2.94. The fourth-order valence-corrected chi connectivity index (χ4v) is 14.7. The van der Waals surface area contributed by atoms with Crippen molar-refractivity contribution in [1.82, 2.24) is 4.90 Å². The molecule has 16 heteroatoms. The molecule has 5 saturated heterocycles. The van der Waals surface area contributed by atoms with Gasteiger partial charge in [-0.05, 0) is 111 Å². The quantitative estimate of drug-likeness (QED) is 0.148. The van der Waals surface area contributed by atoms with E-state index in [1.54, 1.807) is 0 Å². The first-order valence-electron chi connectivity index (χ1n) is 23.4. The molecular weight excluding hydrogens is 794 g/mol. The lowest BCUT2D eigenvalue weighted by Gasteiger charge is -2.58. The number of ether oxygens (including phenoxy) is 6. The first-order chi connectivity index (χ1) is 29.0. The van der Waals surface area contributed by atoms with Gasteiger partial charge in [-0.3, -0.25) is 4.90 Å². The highest BCUT2D eigenvalue weighted by atomic mass is 16.8. The lowest BCUT2D eigenvalue weighted by molar-refractivity contribution is -0.394. The predicted octanol–water partition coefficient (Wildman–Crippen LogP) is 0.155. The van der Waals surface area contributed by atoms with Crippen molar-refractivity contribution in [2.45, 2.75) is 203 Å². The van der Waals surface area contributed by atoms with E-state index in [1.807, 2.05) is 0 Å². The van der Waals surface area contributed by atoms with Crippen molar-refractivity contribution < 1.29 is 74.4 Å². The summed E-state index contributed by atoms with van der Waals surface area (Å²) in [6.45, 7) is 11.4. The molecule has 0 spiro atoms. The molecule has 348 valence electrons. The van der Waals surface area contributed by atoms with Gasteiger partial charge in [0.2, 0.25) is 0 Å². The van der Waals surface area contributed by atoms with Crippen LogP contribution in [0, 0.1) is 46.3 Å². The van der Waals surface area contributed by atoms with Crippen molar-refractivity contribution in [1.29, 1.82) is 0 Å². The number of aliphatic hydroxyl groups is 9. The molecule has 4 aliphatic carbocycles. The molecule has 0 aromatic heterocycles. The maximum Gasteiger partial charge on any atom is 0.187 e. The van der Waals surface area contributed by atoms with E-state index in [9.17, 15) is 46.0 Å². The molecule has 5 aliphatic heterocycles. The highest BCUT2D eigenvalue weighted by Gasteiger charge is 2.66. The van der Waals surface area contributed by atoms with Crippen LogP contribution in [0.3, 0.4) is 0 Å². The molecule has 8 fully saturated rings. The van der Waals surface area contributed by atoms with Crippen LogP contribution in [0.5, 0.6) is 0 Å². The number of allylic oxidation sites excluding steroid dienone is 1. The van der Waals surface area contributed by atoms with Gasteiger partial charge in [0.25, 0.3) is 0 Å². The molecule has 9 N–H and O–H groups in total. The standard InChI is InChI=1S/C45H73NO15/c1-19-6-9-27-20(2)31-28(46(27)16-19)15-26-24-8-7-22-14-23(10-12-44(22,4)25(24)11-13-45(26,31)5)57-43-40(61-41-37(54)35(52)32(49)21(3)56-41)39(34(51)30(18-48)59-43)60-42-38(55)36(53)33(50)29(17-47)58-42/h7,19-21,23-43,47-55H,6,8-18H2,1-5H3/t19-,20+,21-,23-,24+,25-,26-,27+,28-,29+,30+,31-,32-,33+,34-,35?,36-,37+,38+,39-,40+,41-,42-,43+,44-,45-/m0/s1. The molecule has 9 aliphatic rings. The minimum atomic E-state index is -1.83. The summed E-state index contributed by atoms with van der Waals surface area (Å²) in [5.74, 6) is 4.15. The maximum atomic E-state index is 11.6. The minimum absolute atomic E-state index is 0.00462. The summed E-state index contributed by atoms with van der Waals surface area (Å²) in [6.07, 6.45) is -11.1. The second-order valence-corrected chi connectivity index (χ2v) is 21.2. The van der Waals surface area contributed by atoms with E-state index in [-0.39, 0.29) is 11.5 Å². The molecule has 26 atom stereocenters. The van der Waals surface area contributed by atoms with Crippen LogP contribution >= 0.6 is 0 Å². The van der Waals surface area contributed by atoms with Crippen LogP contribution in [-0.4, -0.2) is 181 Å². The van der Waals surface area contributed by atoms with Crippen molar-refractivity contribution in [3.05, 3.63) is 11.6 Å². The molecule has 0 amide bonds. The van der Waals surface area contributed by atoms with Crippen molar-refractivity contribution in [2.24, 2.45) is 46.3 Å². The SMILES string of the molecule is C[C@H]1CC[C@@H]2[C@@H](C)[C@H]3[C@H](C[C@H]4[C@@H]5CC=C6C[C@@H](O[C@@H]7O[C@H](CO)[C@H](O)[C@H](O[C@@H]8O[C@H](CO)[C@@H](O)[C@H](O)[C@H]8O)[C@H]7O[C@@H]7O[C@@H](C)[C@H](O)C(O)[C@H]7O)CC[C@]6(C)[C@H]5CC[C@]34C)N2C1. The van der Waals surface area contributed by atoms with Gasteiger partial charge in [-0.25, -0.2) is 0 Å². The Hall–Kier alpha value is -0.900. The molecule has 0 aromatic rings. The number of fused-ring (bicyclic) bond motifs is 9. The van der Waals surface area contributed by atoms with Gasteiger partial charge < -0.3 is 74.4 Å². The number of hydrogen-bond acceptors (Lipinski definition) is 16. The number of nitrogens with zero attached hydrogens (tertiary/aromatic N) is 1. The van der Waals surface area contributed by atoms with Crippen LogP contribution in [-0.2, 0) is 28.4 Å². The zero-order chi connectivity index (χ0) is 43.4. The largest absolute Gasteiger partial charge is 0.394 e. The Bertz CT molecular complexity index is 1590. The third-order valence-corrected chi connectivity index (χ3v) is 18.0. The first kappa shape index (κ1) is 45.3. The van der Waals surface area contributed by atoms with Gasteiger partial charge in [-0.15, -0.1) is 0 Å². The Morgan fingerprint density at radius 3 is 2.05 bits per heavy atom. The van der Waals surface area contributed by atoms with E-state index >= 15 is 0 Å². The van der Waals surface area contributed by atoms with Crippen LogP contribution < -0.4 is 0 Å². The van der Waals surface area contributed by atoms with Gasteiger partial charge in [0.15, 0.2) is 18.9 Å². The second-order valence-electron chi connectivity index (χ2n) is 21.2. The Kier molecular flexibility index (Phi) is 12.7. The van der Waals surface area contributed by atoms with Crippen LogP contribution in [0.25, 0.3) is 0 Å². The Morgan fingerprint density at radius 2 is 1.33 bits per heavy atom. The molecule has 0 bridgehead atoms. The number of rotatable bonds is 8. The molecule has 0 aromatic carbocycles. The fourth-order valence-electron chi connectivity index (χ4n) is 14.7. The first-order valence-corrected chi connectivity index (χ1v) is 23.4. The Labute approximate surface area is 359 Å². The van der Waals surface area contributed by atoms with Gasteiger partial charge in [-0.1, -0.05) is 39.3 Å². The van der Waals surface area contributed by atoms with Gasteiger partial charge in [0, 0.05) is 18.6 Å². The predicted molar refractivity (Wildman–Crippen MR) is 215 cm³/mol. The van der Waals surface area contributed by atoms with Crippen molar-refractivity contribution in [3.8, 4) is 0 Å². The zero-order valence-electron chi connectivity index (χ0n) is 36.3. The van der Waals surface area contributed by atoms with E-state index in [0.29, 0.717) is 42.1 Å². The van der Waals surface area contributed by atoms with Gasteiger partial charge in [0.05, 0.1) is 25.4 Å². The molecular formula is C45H73NO15. The van der Waals surface area contributed by atoms with Gasteiger partial charge >= 0.3 is 0 Å².